The number of hydrogen-bond acceptors (Lipinski definition) is 3. The lowest BCUT2D eigenvalue weighted by atomic mass is 9.96. The van der Waals surface area contributed by atoms with Crippen LogP contribution in [0.25, 0.3) is 0 Å². The first-order valence-electron chi connectivity index (χ1n) is 5.52. The SMILES string of the molecule is COCCCN(C)C1COCCC1C. The molecule has 0 spiro atoms. The molecule has 2 unspecified atom stereocenters. The number of rotatable bonds is 5. The van der Waals surface area contributed by atoms with Crippen molar-refractivity contribution < 1.29 is 9.47 Å². The van der Waals surface area contributed by atoms with E-state index in [1.54, 1.807) is 7.11 Å². The van der Waals surface area contributed by atoms with Crippen LogP contribution in [0, 0.1) is 5.92 Å². The van der Waals surface area contributed by atoms with Crippen molar-refractivity contribution in [3.63, 3.8) is 0 Å². The second kappa shape index (κ2) is 6.38. The Hall–Kier alpha value is -0.120. The molecule has 3 heteroatoms. The number of hydrogen-bond donors (Lipinski definition) is 0. The van der Waals surface area contributed by atoms with Gasteiger partial charge in [-0.05, 0) is 25.8 Å². The molecule has 1 aliphatic rings. The van der Waals surface area contributed by atoms with E-state index in [1.165, 1.54) is 6.42 Å². The minimum atomic E-state index is 0.598. The van der Waals surface area contributed by atoms with Gasteiger partial charge in [-0.3, -0.25) is 0 Å². The van der Waals surface area contributed by atoms with Crippen LogP contribution in [-0.2, 0) is 9.47 Å². The van der Waals surface area contributed by atoms with Gasteiger partial charge in [0.05, 0.1) is 6.61 Å². The summed E-state index contributed by atoms with van der Waals surface area (Å²) in [6.07, 6.45) is 2.30. The third kappa shape index (κ3) is 3.56. The van der Waals surface area contributed by atoms with Crippen molar-refractivity contribution in [3.8, 4) is 0 Å². The molecule has 0 saturated carbocycles. The summed E-state index contributed by atoms with van der Waals surface area (Å²) in [6, 6.07) is 0.598. The molecule has 84 valence electrons. The first-order valence-corrected chi connectivity index (χ1v) is 5.52. The van der Waals surface area contributed by atoms with Crippen LogP contribution in [0.2, 0.25) is 0 Å². The number of likely N-dealkylation sites (N-methyl/N-ethyl adjacent to an activating group) is 1. The summed E-state index contributed by atoms with van der Waals surface area (Å²) in [5.41, 5.74) is 0. The van der Waals surface area contributed by atoms with Gasteiger partial charge in [0.15, 0.2) is 0 Å². The molecule has 14 heavy (non-hydrogen) atoms. The van der Waals surface area contributed by atoms with Crippen molar-refractivity contribution in [1.82, 2.24) is 4.90 Å². The lowest BCUT2D eigenvalue weighted by Crippen LogP contribution is -2.44. The Bertz CT molecular complexity index is 152. The van der Waals surface area contributed by atoms with Gasteiger partial charge >= 0.3 is 0 Å². The summed E-state index contributed by atoms with van der Waals surface area (Å²) in [5.74, 6) is 0.760. The van der Waals surface area contributed by atoms with E-state index < -0.39 is 0 Å². The Morgan fingerprint density at radius 1 is 1.50 bits per heavy atom. The molecule has 1 rings (SSSR count). The second-order valence-corrected chi connectivity index (χ2v) is 4.24. The third-order valence-electron chi connectivity index (χ3n) is 3.09. The fourth-order valence-corrected chi connectivity index (χ4v) is 2.02. The van der Waals surface area contributed by atoms with Crippen LogP contribution in [0.3, 0.4) is 0 Å². The molecular weight excluding hydrogens is 178 g/mol. The minimum Gasteiger partial charge on any atom is -0.385 e. The predicted octanol–water partition coefficient (Wildman–Crippen LogP) is 1.38. The van der Waals surface area contributed by atoms with Crippen LogP contribution in [0.1, 0.15) is 19.8 Å². The molecule has 0 aromatic rings. The Labute approximate surface area is 87.4 Å². The number of methoxy groups -OCH3 is 1. The van der Waals surface area contributed by atoms with Gasteiger partial charge in [0.25, 0.3) is 0 Å². The summed E-state index contributed by atoms with van der Waals surface area (Å²) >= 11 is 0. The van der Waals surface area contributed by atoms with E-state index in [-0.39, 0.29) is 0 Å². The molecule has 1 saturated heterocycles. The highest BCUT2D eigenvalue weighted by Crippen LogP contribution is 2.19. The Morgan fingerprint density at radius 3 is 2.93 bits per heavy atom. The molecule has 0 aliphatic carbocycles. The van der Waals surface area contributed by atoms with E-state index >= 15 is 0 Å². The molecule has 0 radical (unpaired) electrons. The van der Waals surface area contributed by atoms with Crippen molar-refractivity contribution in [1.29, 1.82) is 0 Å². The molecule has 1 heterocycles. The topological polar surface area (TPSA) is 21.7 Å². The highest BCUT2D eigenvalue weighted by molar-refractivity contribution is 4.77. The zero-order valence-corrected chi connectivity index (χ0v) is 9.66. The van der Waals surface area contributed by atoms with Gasteiger partial charge < -0.3 is 14.4 Å². The fourth-order valence-electron chi connectivity index (χ4n) is 2.02. The Morgan fingerprint density at radius 2 is 2.29 bits per heavy atom. The first-order chi connectivity index (χ1) is 6.75. The maximum atomic E-state index is 5.51. The van der Waals surface area contributed by atoms with Gasteiger partial charge in [-0.25, -0.2) is 0 Å². The molecule has 0 amide bonds. The summed E-state index contributed by atoms with van der Waals surface area (Å²) in [4.78, 5) is 2.41. The zero-order valence-electron chi connectivity index (χ0n) is 9.66. The average Bonchev–Trinajstić information content (AvgIpc) is 2.18. The summed E-state index contributed by atoms with van der Waals surface area (Å²) < 4.78 is 10.6. The van der Waals surface area contributed by atoms with Crippen molar-refractivity contribution >= 4 is 0 Å². The molecular formula is C11H23NO2. The first kappa shape index (κ1) is 12.0. The van der Waals surface area contributed by atoms with E-state index in [2.05, 4.69) is 18.9 Å². The maximum Gasteiger partial charge on any atom is 0.0624 e. The molecule has 0 aromatic carbocycles. The minimum absolute atomic E-state index is 0.598. The molecule has 3 nitrogen and oxygen atoms in total. The normalized spacial score (nSPS) is 28.3. The van der Waals surface area contributed by atoms with Crippen LogP contribution in [0.15, 0.2) is 0 Å². The molecule has 1 fully saturated rings. The van der Waals surface area contributed by atoms with Gasteiger partial charge in [0.2, 0.25) is 0 Å². The number of nitrogens with zero attached hydrogens (tertiary/aromatic N) is 1. The monoisotopic (exact) mass is 201 g/mol. The highest BCUT2D eigenvalue weighted by Gasteiger charge is 2.24. The summed E-state index contributed by atoms with van der Waals surface area (Å²) in [7, 11) is 3.94. The summed E-state index contributed by atoms with van der Waals surface area (Å²) in [5, 5.41) is 0. The van der Waals surface area contributed by atoms with Gasteiger partial charge in [-0.1, -0.05) is 6.92 Å². The van der Waals surface area contributed by atoms with Crippen molar-refractivity contribution in [2.45, 2.75) is 25.8 Å². The van der Waals surface area contributed by atoms with E-state index in [0.717, 1.165) is 38.7 Å². The van der Waals surface area contributed by atoms with Crippen molar-refractivity contribution in [2.75, 3.05) is 40.5 Å². The highest BCUT2D eigenvalue weighted by atomic mass is 16.5. The number of ether oxygens (including phenoxy) is 2. The Balaban J connectivity index is 2.23. The average molecular weight is 201 g/mol. The molecule has 2 atom stereocenters. The fraction of sp³-hybridized carbons (Fsp3) is 1.00. The molecule has 0 N–H and O–H groups in total. The predicted molar refractivity (Wildman–Crippen MR) is 57.5 cm³/mol. The van der Waals surface area contributed by atoms with Gasteiger partial charge in [-0.15, -0.1) is 0 Å². The van der Waals surface area contributed by atoms with Crippen LogP contribution in [-0.4, -0.2) is 51.5 Å². The zero-order chi connectivity index (χ0) is 10.4. The molecule has 1 aliphatic heterocycles. The maximum absolute atomic E-state index is 5.51. The third-order valence-corrected chi connectivity index (χ3v) is 3.09. The van der Waals surface area contributed by atoms with Crippen LogP contribution >= 0.6 is 0 Å². The smallest absolute Gasteiger partial charge is 0.0624 e. The van der Waals surface area contributed by atoms with Crippen LogP contribution in [0.5, 0.6) is 0 Å². The lowest BCUT2D eigenvalue weighted by molar-refractivity contribution is -0.00526. The largest absolute Gasteiger partial charge is 0.385 e. The van der Waals surface area contributed by atoms with Crippen molar-refractivity contribution in [2.24, 2.45) is 5.92 Å². The van der Waals surface area contributed by atoms with E-state index in [4.69, 9.17) is 9.47 Å². The van der Waals surface area contributed by atoms with Crippen LogP contribution < -0.4 is 0 Å². The molecule has 0 aromatic heterocycles. The van der Waals surface area contributed by atoms with Gasteiger partial charge in [-0.2, -0.15) is 0 Å². The van der Waals surface area contributed by atoms with E-state index in [9.17, 15) is 0 Å². The second-order valence-electron chi connectivity index (χ2n) is 4.24. The van der Waals surface area contributed by atoms with Gasteiger partial charge in [0.1, 0.15) is 0 Å². The van der Waals surface area contributed by atoms with E-state index in [1.807, 2.05) is 0 Å². The standard InChI is InChI=1S/C11H23NO2/c1-10-5-8-14-9-11(10)12(2)6-4-7-13-3/h10-11H,4-9H2,1-3H3. The molecule has 0 bridgehead atoms. The quantitative estimate of drug-likeness (QED) is 0.627. The summed E-state index contributed by atoms with van der Waals surface area (Å²) in [6.45, 7) is 6.10. The van der Waals surface area contributed by atoms with E-state index in [0.29, 0.717) is 6.04 Å². The van der Waals surface area contributed by atoms with Crippen LogP contribution in [0.4, 0.5) is 0 Å². The Kier molecular flexibility index (Phi) is 5.45. The van der Waals surface area contributed by atoms with Gasteiger partial charge in [0, 0.05) is 32.9 Å². The lowest BCUT2D eigenvalue weighted by Gasteiger charge is -2.36. The van der Waals surface area contributed by atoms with Crippen molar-refractivity contribution in [3.05, 3.63) is 0 Å².